The van der Waals surface area contributed by atoms with Crippen LogP contribution in [0.2, 0.25) is 0 Å². The van der Waals surface area contributed by atoms with E-state index in [9.17, 15) is 13.5 Å². The zero-order valence-electron chi connectivity index (χ0n) is 10.9. The van der Waals surface area contributed by atoms with E-state index in [1.165, 1.54) is 0 Å². The van der Waals surface area contributed by atoms with E-state index in [2.05, 4.69) is 36.6 Å². The van der Waals surface area contributed by atoms with Gasteiger partial charge >= 0.3 is 0 Å². The number of aliphatic hydroxyl groups excluding tert-OH is 1. The molecule has 1 aromatic carbocycles. The summed E-state index contributed by atoms with van der Waals surface area (Å²) in [6.07, 6.45) is 3.62. The van der Waals surface area contributed by atoms with E-state index in [0.29, 0.717) is 21.8 Å². The summed E-state index contributed by atoms with van der Waals surface area (Å²) in [5, 5.41) is 10.0. The molecule has 0 amide bonds. The fourth-order valence-electron chi connectivity index (χ4n) is 2.37. The summed E-state index contributed by atoms with van der Waals surface area (Å²) in [5.74, 6) is 0. The SMILES string of the molecule is O=S(=O)(NC1CCCCCC1O)c1cc(Br)ccc1Br. The topological polar surface area (TPSA) is 66.4 Å². The van der Waals surface area contributed by atoms with Gasteiger partial charge in [-0.1, -0.05) is 35.2 Å². The number of sulfonamides is 1. The van der Waals surface area contributed by atoms with Crippen LogP contribution in [0.3, 0.4) is 0 Å². The first kappa shape index (κ1) is 16.4. The Kier molecular flexibility index (Phi) is 5.64. The second-order valence-electron chi connectivity index (χ2n) is 5.01. The minimum Gasteiger partial charge on any atom is -0.391 e. The van der Waals surface area contributed by atoms with Gasteiger partial charge in [-0.15, -0.1) is 0 Å². The number of hydrogen-bond donors (Lipinski definition) is 2. The van der Waals surface area contributed by atoms with Crippen molar-refractivity contribution in [2.24, 2.45) is 0 Å². The highest BCUT2D eigenvalue weighted by molar-refractivity contribution is 9.11. The molecule has 1 aliphatic rings. The van der Waals surface area contributed by atoms with Gasteiger partial charge in [0.2, 0.25) is 10.0 Å². The van der Waals surface area contributed by atoms with Crippen molar-refractivity contribution < 1.29 is 13.5 Å². The molecule has 112 valence electrons. The minimum atomic E-state index is -3.65. The van der Waals surface area contributed by atoms with Crippen molar-refractivity contribution in [3.63, 3.8) is 0 Å². The summed E-state index contributed by atoms with van der Waals surface area (Å²) < 4.78 is 28.8. The Morgan fingerprint density at radius 2 is 1.85 bits per heavy atom. The standard InChI is InChI=1S/C13H17Br2NO3S/c14-9-6-7-10(15)13(8-9)20(18,19)16-11-4-2-1-3-5-12(11)17/h6-8,11-12,16-17H,1-5H2. The molecule has 1 saturated carbocycles. The van der Waals surface area contributed by atoms with Crippen LogP contribution in [0.4, 0.5) is 0 Å². The molecule has 2 atom stereocenters. The van der Waals surface area contributed by atoms with Crippen molar-refractivity contribution >= 4 is 41.9 Å². The van der Waals surface area contributed by atoms with Crippen LogP contribution in [0.1, 0.15) is 32.1 Å². The lowest BCUT2D eigenvalue weighted by Gasteiger charge is -2.22. The van der Waals surface area contributed by atoms with E-state index >= 15 is 0 Å². The molecule has 0 spiro atoms. The molecule has 1 aliphatic carbocycles. The first-order valence-corrected chi connectivity index (χ1v) is 9.62. The third-order valence-corrected chi connectivity index (χ3v) is 6.45. The molecule has 0 radical (unpaired) electrons. The summed E-state index contributed by atoms with van der Waals surface area (Å²) >= 11 is 6.54. The zero-order chi connectivity index (χ0) is 14.8. The molecule has 2 rings (SSSR count). The number of benzene rings is 1. The second kappa shape index (κ2) is 6.87. The smallest absolute Gasteiger partial charge is 0.242 e. The predicted molar refractivity (Wildman–Crippen MR) is 85.0 cm³/mol. The Hall–Kier alpha value is 0.0500. The van der Waals surface area contributed by atoms with Crippen LogP contribution >= 0.6 is 31.9 Å². The molecular formula is C13H17Br2NO3S. The number of nitrogens with one attached hydrogen (secondary N) is 1. The Morgan fingerprint density at radius 1 is 1.15 bits per heavy atom. The van der Waals surface area contributed by atoms with Gasteiger partial charge in [0.25, 0.3) is 0 Å². The zero-order valence-corrected chi connectivity index (χ0v) is 14.8. The van der Waals surface area contributed by atoms with Crippen LogP contribution in [0.5, 0.6) is 0 Å². The van der Waals surface area contributed by atoms with Gasteiger partial charge in [-0.2, -0.15) is 0 Å². The Labute approximate surface area is 136 Å². The number of halogens is 2. The Bertz CT molecular complexity index is 577. The highest BCUT2D eigenvalue weighted by Crippen LogP contribution is 2.27. The van der Waals surface area contributed by atoms with Crippen molar-refractivity contribution in [2.45, 2.75) is 49.1 Å². The van der Waals surface area contributed by atoms with Crippen molar-refractivity contribution in [2.75, 3.05) is 0 Å². The molecule has 1 fully saturated rings. The van der Waals surface area contributed by atoms with Gasteiger partial charge in [0.05, 0.1) is 11.0 Å². The van der Waals surface area contributed by atoms with Crippen molar-refractivity contribution in [3.8, 4) is 0 Å². The maximum absolute atomic E-state index is 12.5. The first-order valence-electron chi connectivity index (χ1n) is 6.55. The molecule has 7 heteroatoms. The maximum atomic E-state index is 12.5. The van der Waals surface area contributed by atoms with Gasteiger partial charge in [0, 0.05) is 15.0 Å². The number of hydrogen-bond acceptors (Lipinski definition) is 3. The maximum Gasteiger partial charge on any atom is 0.242 e. The van der Waals surface area contributed by atoms with Gasteiger partial charge in [0.15, 0.2) is 0 Å². The van der Waals surface area contributed by atoms with Gasteiger partial charge in [-0.05, 0) is 47.0 Å². The quantitative estimate of drug-likeness (QED) is 0.729. The van der Waals surface area contributed by atoms with Crippen LogP contribution in [-0.4, -0.2) is 25.7 Å². The van der Waals surface area contributed by atoms with Gasteiger partial charge in [0.1, 0.15) is 0 Å². The van der Waals surface area contributed by atoms with Crippen molar-refractivity contribution in [1.82, 2.24) is 4.72 Å². The average Bonchev–Trinajstić information content (AvgIpc) is 2.57. The molecule has 4 nitrogen and oxygen atoms in total. The van der Waals surface area contributed by atoms with Gasteiger partial charge in [-0.25, -0.2) is 13.1 Å². The van der Waals surface area contributed by atoms with Crippen molar-refractivity contribution in [1.29, 1.82) is 0 Å². The molecule has 2 unspecified atom stereocenters. The predicted octanol–water partition coefficient (Wildman–Crippen LogP) is 3.18. The molecule has 20 heavy (non-hydrogen) atoms. The molecule has 0 saturated heterocycles. The Balaban J connectivity index is 2.24. The second-order valence-corrected chi connectivity index (χ2v) is 8.46. The summed E-state index contributed by atoms with van der Waals surface area (Å²) in [6.45, 7) is 0. The highest BCUT2D eigenvalue weighted by atomic mass is 79.9. The summed E-state index contributed by atoms with van der Waals surface area (Å²) in [5.41, 5.74) is 0. The van der Waals surface area contributed by atoms with Gasteiger partial charge in [-0.3, -0.25) is 0 Å². The molecule has 0 bridgehead atoms. The van der Waals surface area contributed by atoms with E-state index in [1.54, 1.807) is 18.2 Å². The van der Waals surface area contributed by atoms with Gasteiger partial charge < -0.3 is 5.11 Å². The largest absolute Gasteiger partial charge is 0.391 e. The third kappa shape index (κ3) is 4.04. The third-order valence-electron chi connectivity index (χ3n) is 3.47. The van der Waals surface area contributed by atoms with E-state index in [1.807, 2.05) is 0 Å². The van der Waals surface area contributed by atoms with Crippen LogP contribution in [0.25, 0.3) is 0 Å². The van der Waals surface area contributed by atoms with Crippen LogP contribution in [0.15, 0.2) is 32.0 Å². The molecular weight excluding hydrogens is 410 g/mol. The number of aliphatic hydroxyl groups is 1. The lowest BCUT2D eigenvalue weighted by molar-refractivity contribution is 0.130. The molecule has 0 heterocycles. The summed E-state index contributed by atoms with van der Waals surface area (Å²) in [6, 6.07) is 4.59. The number of rotatable bonds is 3. The lowest BCUT2D eigenvalue weighted by Crippen LogP contribution is -2.42. The molecule has 0 aliphatic heterocycles. The Morgan fingerprint density at radius 3 is 2.60 bits per heavy atom. The monoisotopic (exact) mass is 425 g/mol. The van der Waals surface area contributed by atoms with E-state index < -0.39 is 22.2 Å². The van der Waals surface area contributed by atoms with E-state index in [-0.39, 0.29) is 4.90 Å². The molecule has 2 N–H and O–H groups in total. The van der Waals surface area contributed by atoms with Crippen LogP contribution < -0.4 is 4.72 Å². The molecule has 0 aromatic heterocycles. The van der Waals surface area contributed by atoms with Crippen LogP contribution in [-0.2, 0) is 10.0 Å². The summed E-state index contributed by atoms with van der Waals surface area (Å²) in [7, 11) is -3.65. The fraction of sp³-hybridized carbons (Fsp3) is 0.538. The van der Waals surface area contributed by atoms with Crippen LogP contribution in [0, 0.1) is 0 Å². The fourth-order valence-corrected chi connectivity index (χ4v) is 5.18. The van der Waals surface area contributed by atoms with Crippen molar-refractivity contribution in [3.05, 3.63) is 27.1 Å². The highest BCUT2D eigenvalue weighted by Gasteiger charge is 2.28. The van der Waals surface area contributed by atoms with E-state index in [0.717, 1.165) is 19.3 Å². The lowest BCUT2D eigenvalue weighted by atomic mass is 10.1. The first-order chi connectivity index (χ1) is 9.40. The average molecular weight is 427 g/mol. The minimum absolute atomic E-state index is 0.184. The molecule has 1 aromatic rings. The normalized spacial score (nSPS) is 24.4. The van der Waals surface area contributed by atoms with E-state index in [4.69, 9.17) is 0 Å². The summed E-state index contributed by atoms with van der Waals surface area (Å²) in [4.78, 5) is 0.184.